The van der Waals surface area contributed by atoms with Gasteiger partial charge in [-0.3, -0.25) is 4.67 Å². The number of nitrogens with zero attached hydrogens (tertiary/aromatic N) is 2. The SMILES string of the molecule is CN(C)P1OCC(C(C)(C)C)CN1C. The van der Waals surface area contributed by atoms with Crippen LogP contribution in [0, 0.1) is 11.3 Å². The predicted octanol–water partition coefficient (Wildman–Crippen LogP) is 2.40. The molecule has 0 spiro atoms. The minimum atomic E-state index is -0.499. The lowest BCUT2D eigenvalue weighted by molar-refractivity contribution is 0.0939. The van der Waals surface area contributed by atoms with Crippen LogP contribution in [0.15, 0.2) is 0 Å². The summed E-state index contributed by atoms with van der Waals surface area (Å²) < 4.78 is 10.4. The molecule has 0 aromatic heterocycles. The molecule has 14 heavy (non-hydrogen) atoms. The van der Waals surface area contributed by atoms with Crippen molar-refractivity contribution in [3.63, 3.8) is 0 Å². The van der Waals surface area contributed by atoms with Crippen molar-refractivity contribution in [2.24, 2.45) is 11.3 Å². The van der Waals surface area contributed by atoms with E-state index in [4.69, 9.17) is 4.52 Å². The van der Waals surface area contributed by atoms with Crippen molar-refractivity contribution < 1.29 is 4.52 Å². The third-order valence-electron chi connectivity index (χ3n) is 2.73. The van der Waals surface area contributed by atoms with Crippen molar-refractivity contribution in [3.05, 3.63) is 0 Å². The van der Waals surface area contributed by atoms with E-state index in [0.29, 0.717) is 11.3 Å². The summed E-state index contributed by atoms with van der Waals surface area (Å²) in [6.45, 7) is 8.92. The van der Waals surface area contributed by atoms with Gasteiger partial charge in [0.05, 0.1) is 6.61 Å². The first-order valence-electron chi connectivity index (χ1n) is 5.13. The molecule has 0 N–H and O–H groups in total. The van der Waals surface area contributed by atoms with Crippen LogP contribution in [0.25, 0.3) is 0 Å². The summed E-state index contributed by atoms with van der Waals surface area (Å²) in [4.78, 5) is 0. The largest absolute Gasteiger partial charge is 0.331 e. The van der Waals surface area contributed by atoms with E-state index in [0.717, 1.165) is 13.2 Å². The molecule has 0 aromatic carbocycles. The summed E-state index contributed by atoms with van der Waals surface area (Å²) in [6.07, 6.45) is 0. The Morgan fingerprint density at radius 2 is 1.93 bits per heavy atom. The van der Waals surface area contributed by atoms with Crippen LogP contribution < -0.4 is 0 Å². The molecular weight excluding hydrogens is 195 g/mol. The van der Waals surface area contributed by atoms with Gasteiger partial charge >= 0.3 is 0 Å². The molecule has 3 nitrogen and oxygen atoms in total. The summed E-state index contributed by atoms with van der Waals surface area (Å²) in [5.74, 6) is 0.645. The van der Waals surface area contributed by atoms with E-state index < -0.39 is 8.45 Å². The smallest absolute Gasteiger partial charge is 0.187 e. The lowest BCUT2D eigenvalue weighted by Gasteiger charge is -2.43. The van der Waals surface area contributed by atoms with Gasteiger partial charge < -0.3 is 4.52 Å². The summed E-state index contributed by atoms with van der Waals surface area (Å²) in [5, 5.41) is 0. The van der Waals surface area contributed by atoms with Gasteiger partial charge in [-0.15, -0.1) is 0 Å². The average Bonchev–Trinajstić information content (AvgIpc) is 2.01. The maximum absolute atomic E-state index is 5.91. The van der Waals surface area contributed by atoms with E-state index in [1.807, 2.05) is 0 Å². The zero-order valence-electron chi connectivity index (χ0n) is 10.2. The zero-order chi connectivity index (χ0) is 10.9. The van der Waals surface area contributed by atoms with Gasteiger partial charge in [0.25, 0.3) is 0 Å². The normalized spacial score (nSPS) is 31.1. The van der Waals surface area contributed by atoms with Crippen LogP contribution in [0.4, 0.5) is 0 Å². The van der Waals surface area contributed by atoms with Crippen LogP contribution in [0.5, 0.6) is 0 Å². The van der Waals surface area contributed by atoms with E-state index in [2.05, 4.69) is 51.3 Å². The Morgan fingerprint density at radius 3 is 2.29 bits per heavy atom. The minimum Gasteiger partial charge on any atom is -0.331 e. The molecule has 0 saturated carbocycles. The number of hydrogen-bond donors (Lipinski definition) is 0. The number of rotatable bonds is 1. The molecule has 1 fully saturated rings. The molecule has 2 atom stereocenters. The molecule has 0 aliphatic carbocycles. The van der Waals surface area contributed by atoms with Gasteiger partial charge in [0.15, 0.2) is 8.45 Å². The van der Waals surface area contributed by atoms with E-state index in [-0.39, 0.29) is 0 Å². The van der Waals surface area contributed by atoms with Gasteiger partial charge in [-0.25, -0.2) is 4.67 Å². The first kappa shape index (κ1) is 12.4. The first-order valence-corrected chi connectivity index (χ1v) is 6.30. The molecule has 1 aliphatic heterocycles. The molecule has 0 radical (unpaired) electrons. The number of hydrogen-bond acceptors (Lipinski definition) is 3. The predicted molar refractivity (Wildman–Crippen MR) is 62.1 cm³/mol. The second kappa shape index (κ2) is 4.44. The molecule has 1 saturated heterocycles. The summed E-state index contributed by atoms with van der Waals surface area (Å²) in [6, 6.07) is 0. The molecule has 2 unspecified atom stereocenters. The molecule has 84 valence electrons. The Labute approximate surface area is 89.3 Å². The fraction of sp³-hybridized carbons (Fsp3) is 1.00. The second-order valence-corrected chi connectivity index (χ2v) is 7.55. The summed E-state index contributed by atoms with van der Waals surface area (Å²) >= 11 is 0. The Kier molecular flexibility index (Phi) is 3.93. The lowest BCUT2D eigenvalue weighted by atomic mass is 9.81. The first-order chi connectivity index (χ1) is 6.32. The summed E-state index contributed by atoms with van der Waals surface area (Å²) in [7, 11) is 5.82. The second-order valence-electron chi connectivity index (χ2n) is 5.30. The quantitative estimate of drug-likeness (QED) is 0.628. The highest BCUT2D eigenvalue weighted by Gasteiger charge is 2.34. The van der Waals surface area contributed by atoms with Crippen LogP contribution in [-0.2, 0) is 4.52 Å². The van der Waals surface area contributed by atoms with Crippen LogP contribution in [0.3, 0.4) is 0 Å². The van der Waals surface area contributed by atoms with Crippen LogP contribution in [-0.4, -0.2) is 43.6 Å². The average molecular weight is 218 g/mol. The van der Waals surface area contributed by atoms with E-state index >= 15 is 0 Å². The molecule has 4 heteroatoms. The van der Waals surface area contributed by atoms with E-state index in [1.54, 1.807) is 0 Å². The highest BCUT2D eigenvalue weighted by atomic mass is 31.2. The van der Waals surface area contributed by atoms with Gasteiger partial charge in [-0.2, -0.15) is 0 Å². The highest BCUT2D eigenvalue weighted by Crippen LogP contribution is 2.48. The van der Waals surface area contributed by atoms with E-state index in [1.165, 1.54) is 0 Å². The maximum atomic E-state index is 5.91. The zero-order valence-corrected chi connectivity index (χ0v) is 11.1. The Balaban J connectivity index is 2.55. The molecule has 1 aliphatic rings. The minimum absolute atomic E-state index is 0.349. The van der Waals surface area contributed by atoms with Crippen molar-refractivity contribution in [3.8, 4) is 0 Å². The van der Waals surface area contributed by atoms with Gasteiger partial charge in [0.2, 0.25) is 0 Å². The standard InChI is InChI=1S/C10H23N2OP/c1-10(2,3)9-7-12(6)14(11(4)5)13-8-9/h9H,7-8H2,1-6H3. The fourth-order valence-electron chi connectivity index (χ4n) is 1.64. The van der Waals surface area contributed by atoms with Crippen molar-refractivity contribution >= 4 is 8.45 Å². The van der Waals surface area contributed by atoms with Gasteiger partial charge in [-0.05, 0) is 26.6 Å². The van der Waals surface area contributed by atoms with Crippen LogP contribution in [0.1, 0.15) is 20.8 Å². The molecule has 0 amide bonds. The van der Waals surface area contributed by atoms with Gasteiger partial charge in [-0.1, -0.05) is 20.8 Å². The maximum Gasteiger partial charge on any atom is 0.187 e. The Hall–Kier alpha value is 0.310. The van der Waals surface area contributed by atoms with Crippen molar-refractivity contribution in [2.75, 3.05) is 34.3 Å². The summed E-state index contributed by atoms with van der Waals surface area (Å²) in [5.41, 5.74) is 0.349. The molecular formula is C10H23N2OP. The highest BCUT2D eigenvalue weighted by molar-refractivity contribution is 7.47. The molecule has 0 bridgehead atoms. The van der Waals surface area contributed by atoms with Crippen molar-refractivity contribution in [1.29, 1.82) is 0 Å². The van der Waals surface area contributed by atoms with Crippen LogP contribution >= 0.6 is 8.45 Å². The Morgan fingerprint density at radius 1 is 1.36 bits per heavy atom. The monoisotopic (exact) mass is 218 g/mol. The van der Waals surface area contributed by atoms with Crippen molar-refractivity contribution in [2.45, 2.75) is 20.8 Å². The topological polar surface area (TPSA) is 15.7 Å². The van der Waals surface area contributed by atoms with Gasteiger partial charge in [0.1, 0.15) is 0 Å². The van der Waals surface area contributed by atoms with Crippen molar-refractivity contribution in [1.82, 2.24) is 9.34 Å². The third kappa shape index (κ3) is 2.90. The molecule has 1 rings (SSSR count). The molecule has 1 heterocycles. The fourth-order valence-corrected chi connectivity index (χ4v) is 3.33. The van der Waals surface area contributed by atoms with E-state index in [9.17, 15) is 0 Å². The third-order valence-corrected chi connectivity index (χ3v) is 4.55. The van der Waals surface area contributed by atoms with Crippen LogP contribution in [0.2, 0.25) is 0 Å². The van der Waals surface area contributed by atoms with Gasteiger partial charge in [0, 0.05) is 12.5 Å². The Bertz CT molecular complexity index is 191. The molecule has 0 aromatic rings. The lowest BCUT2D eigenvalue weighted by Crippen LogP contribution is -2.40.